The second kappa shape index (κ2) is 7.16. The zero-order chi connectivity index (χ0) is 18.8. The van der Waals surface area contributed by atoms with E-state index >= 15 is 0 Å². The van der Waals surface area contributed by atoms with Crippen LogP contribution in [0.1, 0.15) is 0 Å². The molecule has 7 nitrogen and oxygen atoms in total. The molecule has 1 fully saturated rings. The first-order valence-corrected chi connectivity index (χ1v) is 8.66. The summed E-state index contributed by atoms with van der Waals surface area (Å²) in [7, 11) is 0. The van der Waals surface area contributed by atoms with E-state index in [9.17, 15) is 9.50 Å². The highest BCUT2D eigenvalue weighted by Crippen LogP contribution is 2.33. The molecule has 2 aromatic heterocycles. The molecule has 0 atom stereocenters. The van der Waals surface area contributed by atoms with Crippen molar-refractivity contribution in [3.05, 3.63) is 48.4 Å². The van der Waals surface area contributed by atoms with Gasteiger partial charge in [0.2, 0.25) is 0 Å². The number of anilines is 2. The fraction of sp³-hybridized carbons (Fsp3) is 0.211. The molecule has 0 spiro atoms. The molecule has 4 N–H and O–H groups in total. The SMILES string of the molecule is Nc1nnc(-c2cccc(F)c2O)cc1-c1cc(N2CCNCC2)ccn1. The number of nitrogens with one attached hydrogen (secondary N) is 1. The number of benzene rings is 1. The summed E-state index contributed by atoms with van der Waals surface area (Å²) in [6.45, 7) is 3.69. The summed E-state index contributed by atoms with van der Waals surface area (Å²) in [6, 6.07) is 9.84. The van der Waals surface area contributed by atoms with Crippen molar-refractivity contribution in [1.82, 2.24) is 20.5 Å². The summed E-state index contributed by atoms with van der Waals surface area (Å²) in [5.74, 6) is -0.962. The van der Waals surface area contributed by atoms with Gasteiger partial charge in [0, 0.05) is 49.2 Å². The normalized spacial score (nSPS) is 14.3. The Balaban J connectivity index is 1.75. The quantitative estimate of drug-likeness (QED) is 0.652. The van der Waals surface area contributed by atoms with Crippen LogP contribution in [0.15, 0.2) is 42.6 Å². The number of para-hydroxylation sites is 1. The minimum Gasteiger partial charge on any atom is -0.504 e. The Morgan fingerprint density at radius 1 is 1.04 bits per heavy atom. The standard InChI is InChI=1S/C19H19FN6O/c20-15-3-1-2-13(18(15)27)17-11-14(19(21)25-24-17)16-10-12(4-5-23-16)26-8-6-22-7-9-26/h1-5,10-11,22,27H,6-9H2,(H2,21,25). The third-order valence-corrected chi connectivity index (χ3v) is 4.59. The van der Waals surface area contributed by atoms with Crippen LogP contribution < -0.4 is 16.0 Å². The second-order valence-electron chi connectivity index (χ2n) is 6.30. The maximum absolute atomic E-state index is 13.7. The number of phenols is 1. The molecule has 1 aromatic carbocycles. The lowest BCUT2D eigenvalue weighted by Crippen LogP contribution is -2.43. The minimum atomic E-state index is -0.716. The number of hydrogen-bond donors (Lipinski definition) is 3. The van der Waals surface area contributed by atoms with E-state index in [1.807, 2.05) is 12.1 Å². The Morgan fingerprint density at radius 3 is 2.67 bits per heavy atom. The Hall–Kier alpha value is -3.26. The molecule has 0 saturated carbocycles. The molecule has 27 heavy (non-hydrogen) atoms. The first kappa shape index (κ1) is 17.2. The number of halogens is 1. The van der Waals surface area contributed by atoms with Crippen molar-refractivity contribution in [2.75, 3.05) is 36.8 Å². The zero-order valence-corrected chi connectivity index (χ0v) is 14.6. The molecule has 1 aliphatic rings. The van der Waals surface area contributed by atoms with Gasteiger partial charge < -0.3 is 21.1 Å². The first-order chi connectivity index (χ1) is 13.1. The predicted molar refractivity (Wildman–Crippen MR) is 102 cm³/mol. The van der Waals surface area contributed by atoms with Crippen LogP contribution in [0, 0.1) is 5.82 Å². The van der Waals surface area contributed by atoms with Crippen LogP contribution in [0.25, 0.3) is 22.5 Å². The third kappa shape index (κ3) is 3.39. The molecular formula is C19H19FN6O. The van der Waals surface area contributed by atoms with Gasteiger partial charge in [-0.15, -0.1) is 10.2 Å². The zero-order valence-electron chi connectivity index (χ0n) is 14.6. The Bertz CT molecular complexity index is 974. The topological polar surface area (TPSA) is 100 Å². The van der Waals surface area contributed by atoms with Gasteiger partial charge in [-0.25, -0.2) is 4.39 Å². The number of phenolic OH excluding ortho intramolecular Hbond substituents is 1. The van der Waals surface area contributed by atoms with Gasteiger partial charge in [-0.3, -0.25) is 4.98 Å². The van der Waals surface area contributed by atoms with Crippen molar-refractivity contribution < 1.29 is 9.50 Å². The van der Waals surface area contributed by atoms with Crippen molar-refractivity contribution in [2.45, 2.75) is 0 Å². The molecule has 8 heteroatoms. The molecule has 3 aromatic rings. The van der Waals surface area contributed by atoms with Crippen LogP contribution in [0.4, 0.5) is 15.9 Å². The van der Waals surface area contributed by atoms with Crippen molar-refractivity contribution in [3.63, 3.8) is 0 Å². The molecule has 1 saturated heterocycles. The number of aromatic hydroxyl groups is 1. The van der Waals surface area contributed by atoms with Crippen molar-refractivity contribution >= 4 is 11.5 Å². The third-order valence-electron chi connectivity index (χ3n) is 4.59. The molecule has 0 bridgehead atoms. The van der Waals surface area contributed by atoms with E-state index in [1.165, 1.54) is 12.1 Å². The number of nitrogens with two attached hydrogens (primary N) is 1. The lowest BCUT2D eigenvalue weighted by Gasteiger charge is -2.29. The summed E-state index contributed by atoms with van der Waals surface area (Å²) in [6.07, 6.45) is 1.73. The maximum atomic E-state index is 13.7. The summed E-state index contributed by atoms with van der Waals surface area (Å²) in [4.78, 5) is 6.68. The second-order valence-corrected chi connectivity index (χ2v) is 6.30. The number of nitrogen functional groups attached to an aromatic ring is 1. The predicted octanol–water partition coefficient (Wildman–Crippen LogP) is 2.04. The number of nitrogens with zero attached hydrogens (tertiary/aromatic N) is 4. The fourth-order valence-electron chi connectivity index (χ4n) is 3.15. The van der Waals surface area contributed by atoms with Crippen LogP contribution in [0.3, 0.4) is 0 Å². The molecule has 138 valence electrons. The van der Waals surface area contributed by atoms with E-state index in [2.05, 4.69) is 25.4 Å². The molecule has 4 rings (SSSR count). The minimum absolute atomic E-state index is 0.222. The van der Waals surface area contributed by atoms with Gasteiger partial charge in [-0.1, -0.05) is 6.07 Å². The van der Waals surface area contributed by atoms with Gasteiger partial charge in [-0.2, -0.15) is 0 Å². The molecule has 1 aliphatic heterocycles. The summed E-state index contributed by atoms with van der Waals surface area (Å²) in [5, 5.41) is 21.3. The number of piperazine rings is 1. The molecule has 0 radical (unpaired) electrons. The lowest BCUT2D eigenvalue weighted by atomic mass is 10.1. The smallest absolute Gasteiger partial charge is 0.165 e. The largest absolute Gasteiger partial charge is 0.504 e. The van der Waals surface area contributed by atoms with Gasteiger partial charge in [0.1, 0.15) is 0 Å². The van der Waals surface area contributed by atoms with Gasteiger partial charge in [0.15, 0.2) is 17.4 Å². The lowest BCUT2D eigenvalue weighted by molar-refractivity contribution is 0.434. The van der Waals surface area contributed by atoms with Crippen molar-refractivity contribution in [1.29, 1.82) is 0 Å². The van der Waals surface area contributed by atoms with Gasteiger partial charge in [-0.05, 0) is 30.3 Å². The van der Waals surface area contributed by atoms with Crippen molar-refractivity contribution in [3.8, 4) is 28.3 Å². The highest BCUT2D eigenvalue weighted by atomic mass is 19.1. The van der Waals surface area contributed by atoms with Gasteiger partial charge >= 0.3 is 0 Å². The highest BCUT2D eigenvalue weighted by molar-refractivity contribution is 5.78. The van der Waals surface area contributed by atoms with Crippen LogP contribution in [0.5, 0.6) is 5.75 Å². The molecule has 0 amide bonds. The van der Waals surface area contributed by atoms with E-state index in [-0.39, 0.29) is 11.4 Å². The van der Waals surface area contributed by atoms with E-state index in [4.69, 9.17) is 5.73 Å². The highest BCUT2D eigenvalue weighted by Gasteiger charge is 2.16. The Morgan fingerprint density at radius 2 is 1.85 bits per heavy atom. The Labute approximate surface area is 155 Å². The maximum Gasteiger partial charge on any atom is 0.165 e. The van der Waals surface area contributed by atoms with Crippen LogP contribution in [-0.2, 0) is 0 Å². The van der Waals surface area contributed by atoms with Crippen LogP contribution in [0.2, 0.25) is 0 Å². The average Bonchev–Trinajstić information content (AvgIpc) is 2.71. The van der Waals surface area contributed by atoms with Gasteiger partial charge in [0.05, 0.1) is 11.4 Å². The van der Waals surface area contributed by atoms with Crippen molar-refractivity contribution in [2.24, 2.45) is 0 Å². The monoisotopic (exact) mass is 366 g/mol. The average molecular weight is 366 g/mol. The number of rotatable bonds is 3. The van der Waals surface area contributed by atoms with Crippen LogP contribution in [-0.4, -0.2) is 46.5 Å². The molecule has 0 aliphatic carbocycles. The van der Waals surface area contributed by atoms with Crippen LogP contribution >= 0.6 is 0 Å². The van der Waals surface area contributed by atoms with Gasteiger partial charge in [0.25, 0.3) is 0 Å². The number of pyridine rings is 1. The van der Waals surface area contributed by atoms with E-state index in [0.29, 0.717) is 17.0 Å². The molecule has 0 unspecified atom stereocenters. The Kier molecular flexibility index (Phi) is 4.55. The molecular weight excluding hydrogens is 347 g/mol. The fourth-order valence-corrected chi connectivity index (χ4v) is 3.15. The first-order valence-electron chi connectivity index (χ1n) is 8.66. The van der Waals surface area contributed by atoms with E-state index < -0.39 is 11.6 Å². The number of hydrogen-bond acceptors (Lipinski definition) is 7. The van der Waals surface area contributed by atoms with E-state index in [1.54, 1.807) is 18.3 Å². The number of aromatic nitrogens is 3. The van der Waals surface area contributed by atoms with E-state index in [0.717, 1.165) is 31.9 Å². The summed E-state index contributed by atoms with van der Waals surface area (Å²) in [5.41, 5.74) is 8.88. The molecule has 3 heterocycles. The summed E-state index contributed by atoms with van der Waals surface area (Å²) >= 11 is 0. The summed E-state index contributed by atoms with van der Waals surface area (Å²) < 4.78 is 13.7.